The number of aryl methyl sites for hydroxylation is 1. The molecule has 0 saturated heterocycles. The summed E-state index contributed by atoms with van der Waals surface area (Å²) in [4.78, 5) is 39.3. The second-order valence-corrected chi connectivity index (χ2v) is 6.96. The molecule has 3 N–H and O–H groups in total. The lowest BCUT2D eigenvalue weighted by Crippen LogP contribution is -2.44. The number of carboxylic acid groups (broad SMARTS) is 1. The van der Waals surface area contributed by atoms with Gasteiger partial charge in [0.05, 0.1) is 0 Å². The van der Waals surface area contributed by atoms with Crippen LogP contribution in [-0.2, 0) is 16.0 Å². The lowest BCUT2D eigenvalue weighted by molar-refractivity contribution is -0.140. The van der Waals surface area contributed by atoms with Gasteiger partial charge in [0.15, 0.2) is 5.13 Å². The molecule has 0 fully saturated rings. The van der Waals surface area contributed by atoms with Crippen LogP contribution in [0.5, 0.6) is 0 Å². The lowest BCUT2D eigenvalue weighted by atomic mass is 10.0. The van der Waals surface area contributed by atoms with Gasteiger partial charge in [-0.05, 0) is 17.9 Å². The second-order valence-electron chi connectivity index (χ2n) is 6.11. The summed E-state index contributed by atoms with van der Waals surface area (Å²) in [5.41, 5.74) is 1.15. The highest BCUT2D eigenvalue weighted by atomic mass is 32.1. The number of hydrogen-bond donors (Lipinski definition) is 3. The van der Waals surface area contributed by atoms with E-state index in [1.165, 1.54) is 5.38 Å². The zero-order valence-corrected chi connectivity index (χ0v) is 15.4. The number of nitrogens with one attached hydrogen (secondary N) is 2. The van der Waals surface area contributed by atoms with Crippen LogP contribution in [-0.4, -0.2) is 33.9 Å². The summed E-state index contributed by atoms with van der Waals surface area (Å²) in [6, 6.07) is 8.66. The Kier molecular flexibility index (Phi) is 6.85. The third-order valence-electron chi connectivity index (χ3n) is 3.69. The van der Waals surface area contributed by atoms with Crippen molar-refractivity contribution in [3.05, 3.63) is 47.0 Å². The number of thiazole rings is 1. The highest BCUT2D eigenvalue weighted by Gasteiger charge is 2.25. The van der Waals surface area contributed by atoms with Crippen LogP contribution in [0.1, 0.15) is 36.3 Å². The first-order valence-electron chi connectivity index (χ1n) is 8.19. The number of carboxylic acids is 1. The van der Waals surface area contributed by atoms with Crippen LogP contribution >= 0.6 is 11.3 Å². The van der Waals surface area contributed by atoms with E-state index in [-0.39, 0.29) is 17.5 Å². The normalized spacial score (nSPS) is 11.8. The van der Waals surface area contributed by atoms with E-state index >= 15 is 0 Å². The third kappa shape index (κ3) is 5.66. The largest absolute Gasteiger partial charge is 0.480 e. The van der Waals surface area contributed by atoms with E-state index in [2.05, 4.69) is 15.6 Å². The molecule has 0 aliphatic rings. The van der Waals surface area contributed by atoms with Crippen LogP contribution in [0.3, 0.4) is 0 Å². The zero-order chi connectivity index (χ0) is 19.1. The summed E-state index contributed by atoms with van der Waals surface area (Å²) in [6.07, 6.45) is 0.916. The predicted octanol–water partition coefficient (Wildman–Crippen LogP) is 2.55. The summed E-state index contributed by atoms with van der Waals surface area (Å²) in [6.45, 7) is 3.41. The Morgan fingerprint density at radius 2 is 1.88 bits per heavy atom. The number of aromatic nitrogens is 1. The van der Waals surface area contributed by atoms with Crippen LogP contribution in [0.15, 0.2) is 35.7 Å². The Hall–Kier alpha value is -2.74. The third-order valence-corrected chi connectivity index (χ3v) is 4.44. The lowest BCUT2D eigenvalue weighted by Gasteiger charge is -2.16. The molecule has 2 rings (SSSR count). The molecule has 0 bridgehead atoms. The van der Waals surface area contributed by atoms with Gasteiger partial charge in [-0.15, -0.1) is 11.3 Å². The summed E-state index contributed by atoms with van der Waals surface area (Å²) in [5.74, 6) is -2.13. The average molecular weight is 375 g/mol. The number of benzene rings is 1. The minimum atomic E-state index is -1.10. The van der Waals surface area contributed by atoms with E-state index in [0.717, 1.165) is 16.9 Å². The standard InChI is InChI=1S/C18H21N3O4S/c1-11(2)15(17(24)25)21-16(23)13-10-26-18(19-13)20-14(22)9-8-12-6-4-3-5-7-12/h3-7,10-11,15H,8-9H2,1-2H3,(H,21,23)(H,24,25)(H,19,20,22). The number of rotatable bonds is 8. The molecular weight excluding hydrogens is 354 g/mol. The van der Waals surface area contributed by atoms with Gasteiger partial charge in [-0.1, -0.05) is 44.2 Å². The molecule has 0 aliphatic carbocycles. The van der Waals surface area contributed by atoms with Crippen molar-refractivity contribution in [2.75, 3.05) is 5.32 Å². The fraction of sp³-hybridized carbons (Fsp3) is 0.333. The van der Waals surface area contributed by atoms with Crippen molar-refractivity contribution < 1.29 is 19.5 Å². The molecule has 0 radical (unpaired) electrons. The maximum Gasteiger partial charge on any atom is 0.326 e. The highest BCUT2D eigenvalue weighted by Crippen LogP contribution is 2.16. The molecule has 1 aromatic carbocycles. The topological polar surface area (TPSA) is 108 Å². The monoisotopic (exact) mass is 375 g/mol. The fourth-order valence-electron chi connectivity index (χ4n) is 2.25. The van der Waals surface area contributed by atoms with Crippen molar-refractivity contribution in [2.45, 2.75) is 32.7 Å². The Morgan fingerprint density at radius 1 is 1.19 bits per heavy atom. The van der Waals surface area contributed by atoms with E-state index in [9.17, 15) is 14.4 Å². The van der Waals surface area contributed by atoms with Crippen LogP contribution in [0.4, 0.5) is 5.13 Å². The average Bonchev–Trinajstić information content (AvgIpc) is 3.06. The smallest absolute Gasteiger partial charge is 0.326 e. The SMILES string of the molecule is CC(C)C(NC(=O)c1csc(NC(=O)CCc2ccccc2)n1)C(=O)O. The number of aliphatic carboxylic acids is 1. The van der Waals surface area contributed by atoms with Crippen molar-refractivity contribution in [2.24, 2.45) is 5.92 Å². The maximum absolute atomic E-state index is 12.1. The molecular formula is C18H21N3O4S. The zero-order valence-electron chi connectivity index (χ0n) is 14.6. The molecule has 0 saturated carbocycles. The number of anilines is 1. The van der Waals surface area contributed by atoms with Gasteiger partial charge in [0.1, 0.15) is 11.7 Å². The van der Waals surface area contributed by atoms with Crippen LogP contribution in [0.2, 0.25) is 0 Å². The fourth-order valence-corrected chi connectivity index (χ4v) is 2.96. The van der Waals surface area contributed by atoms with Crippen molar-refractivity contribution in [3.63, 3.8) is 0 Å². The van der Waals surface area contributed by atoms with Gasteiger partial charge in [-0.2, -0.15) is 0 Å². The maximum atomic E-state index is 12.1. The minimum absolute atomic E-state index is 0.0836. The molecule has 1 heterocycles. The molecule has 2 amide bonds. The molecule has 7 nitrogen and oxygen atoms in total. The summed E-state index contributed by atoms with van der Waals surface area (Å²) >= 11 is 1.12. The Morgan fingerprint density at radius 3 is 2.50 bits per heavy atom. The molecule has 8 heteroatoms. The first-order valence-corrected chi connectivity index (χ1v) is 9.07. The summed E-state index contributed by atoms with van der Waals surface area (Å²) in [7, 11) is 0. The van der Waals surface area contributed by atoms with Crippen molar-refractivity contribution in [3.8, 4) is 0 Å². The molecule has 1 atom stereocenters. The van der Waals surface area contributed by atoms with Gasteiger partial charge in [0, 0.05) is 11.8 Å². The van der Waals surface area contributed by atoms with E-state index in [1.54, 1.807) is 13.8 Å². The van der Waals surface area contributed by atoms with Crippen LogP contribution < -0.4 is 10.6 Å². The summed E-state index contributed by atoms with van der Waals surface area (Å²) in [5, 5.41) is 16.0. The van der Waals surface area contributed by atoms with Crippen LogP contribution in [0, 0.1) is 5.92 Å². The Bertz CT molecular complexity index is 774. The van der Waals surface area contributed by atoms with E-state index in [1.807, 2.05) is 30.3 Å². The van der Waals surface area contributed by atoms with Gasteiger partial charge < -0.3 is 15.7 Å². The predicted molar refractivity (Wildman–Crippen MR) is 99.2 cm³/mol. The number of carbonyl (C=O) groups is 3. The quantitative estimate of drug-likeness (QED) is 0.657. The molecule has 0 spiro atoms. The van der Waals surface area contributed by atoms with Crippen molar-refractivity contribution in [1.29, 1.82) is 0 Å². The van der Waals surface area contributed by atoms with Crippen LogP contribution in [0.25, 0.3) is 0 Å². The van der Waals surface area contributed by atoms with E-state index < -0.39 is 17.9 Å². The van der Waals surface area contributed by atoms with Crippen molar-refractivity contribution >= 4 is 34.3 Å². The second kappa shape index (κ2) is 9.10. The number of carbonyl (C=O) groups excluding carboxylic acids is 2. The highest BCUT2D eigenvalue weighted by molar-refractivity contribution is 7.14. The number of amides is 2. The van der Waals surface area contributed by atoms with Gasteiger partial charge >= 0.3 is 5.97 Å². The number of nitrogens with zero attached hydrogens (tertiary/aromatic N) is 1. The molecule has 138 valence electrons. The first-order chi connectivity index (χ1) is 12.4. The Labute approximate surface area is 155 Å². The van der Waals surface area contributed by atoms with E-state index in [4.69, 9.17) is 5.11 Å². The van der Waals surface area contributed by atoms with E-state index in [0.29, 0.717) is 18.0 Å². The molecule has 26 heavy (non-hydrogen) atoms. The molecule has 0 aliphatic heterocycles. The molecule has 1 aromatic heterocycles. The van der Waals surface area contributed by atoms with Gasteiger partial charge in [-0.3, -0.25) is 9.59 Å². The minimum Gasteiger partial charge on any atom is -0.480 e. The Balaban J connectivity index is 1.89. The van der Waals surface area contributed by atoms with Gasteiger partial charge in [-0.25, -0.2) is 9.78 Å². The number of hydrogen-bond acceptors (Lipinski definition) is 5. The van der Waals surface area contributed by atoms with Gasteiger partial charge in [0.2, 0.25) is 5.91 Å². The molecule has 2 aromatic rings. The van der Waals surface area contributed by atoms with Gasteiger partial charge in [0.25, 0.3) is 5.91 Å². The first kappa shape index (κ1) is 19.6. The summed E-state index contributed by atoms with van der Waals surface area (Å²) < 4.78 is 0. The molecule has 1 unspecified atom stereocenters. The van der Waals surface area contributed by atoms with Crippen molar-refractivity contribution in [1.82, 2.24) is 10.3 Å².